The summed E-state index contributed by atoms with van der Waals surface area (Å²) in [6.07, 6.45) is 13.7. The number of hydrogen-bond acceptors (Lipinski definition) is 3. The van der Waals surface area contributed by atoms with E-state index in [4.69, 9.17) is 9.47 Å². The van der Waals surface area contributed by atoms with E-state index in [-0.39, 0.29) is 0 Å². The summed E-state index contributed by atoms with van der Waals surface area (Å²) in [5.41, 5.74) is 4.00. The molecule has 1 heterocycles. The summed E-state index contributed by atoms with van der Waals surface area (Å²) in [4.78, 5) is 4.36. The summed E-state index contributed by atoms with van der Waals surface area (Å²) in [5.74, 6) is 1.88. The van der Waals surface area contributed by atoms with Crippen LogP contribution in [0.3, 0.4) is 0 Å². The van der Waals surface area contributed by atoms with Crippen LogP contribution >= 0.6 is 0 Å². The molecule has 0 aliphatic rings. The average Bonchev–Trinajstić information content (AvgIpc) is 3.79. The van der Waals surface area contributed by atoms with E-state index in [0.29, 0.717) is 6.71 Å². The first-order valence-electron chi connectivity index (χ1n) is 20.3. The molecule has 0 atom stereocenters. The van der Waals surface area contributed by atoms with E-state index in [1.165, 1.54) is 57.6 Å². The fourth-order valence-corrected chi connectivity index (χ4v) is 11.9. The fraction of sp³-hybridized carbons (Fsp3) is 0.220. The van der Waals surface area contributed by atoms with Gasteiger partial charge in [-0.3, -0.25) is 0 Å². The highest BCUT2D eigenvalue weighted by Gasteiger charge is 2.40. The van der Waals surface area contributed by atoms with Crippen molar-refractivity contribution in [3.8, 4) is 11.5 Å². The van der Waals surface area contributed by atoms with Crippen molar-refractivity contribution in [1.82, 2.24) is 9.55 Å². The molecule has 6 heteroatoms. The monoisotopic (exact) mass is 754 g/mol. The lowest BCUT2D eigenvalue weighted by molar-refractivity contribution is 0.306. The number of aromatic nitrogens is 2. The molecule has 6 aromatic carbocycles. The van der Waals surface area contributed by atoms with Crippen LogP contribution in [0.2, 0.25) is 0 Å². The van der Waals surface area contributed by atoms with Gasteiger partial charge in [0.2, 0.25) is 6.71 Å². The molecule has 1 aromatic heterocycles. The minimum absolute atomic E-state index is 0.309. The molecule has 0 bridgehead atoms. The number of hydrogen-bond donors (Lipinski definition) is 0. The first-order chi connectivity index (χ1) is 27.7. The Labute approximate surface area is 336 Å². The lowest BCUT2D eigenvalue weighted by atomic mass is 9.37. The van der Waals surface area contributed by atoms with Gasteiger partial charge in [-0.05, 0) is 52.7 Å². The van der Waals surface area contributed by atoms with Crippen LogP contribution < -0.4 is 41.4 Å². The van der Waals surface area contributed by atoms with Crippen molar-refractivity contribution in [3.63, 3.8) is 0 Å². The minimum Gasteiger partial charge on any atom is -0.494 e. The van der Waals surface area contributed by atoms with E-state index >= 15 is 0 Å². The summed E-state index contributed by atoms with van der Waals surface area (Å²) in [6, 6.07) is 60.7. The minimum atomic E-state index is -2.45. The molecular weight excluding hydrogens is 699 g/mol. The quantitative estimate of drug-likeness (QED) is 0.0508. The summed E-state index contributed by atoms with van der Waals surface area (Å²) >= 11 is 0. The molecule has 0 fully saturated rings. The van der Waals surface area contributed by atoms with Crippen molar-refractivity contribution in [2.75, 3.05) is 13.2 Å². The predicted octanol–water partition coefficient (Wildman–Crippen LogP) is 7.93. The molecule has 0 saturated carbocycles. The maximum atomic E-state index is 6.05. The molecule has 284 valence electrons. The molecular formula is C50H55BN2O2Si. The number of unbranched alkanes of at least 4 members (excludes halogenated alkanes) is 4. The van der Waals surface area contributed by atoms with Crippen LogP contribution in [0.4, 0.5) is 0 Å². The molecule has 0 unspecified atom stereocenters. The predicted molar refractivity (Wildman–Crippen MR) is 240 cm³/mol. The number of imidazole rings is 1. The fourth-order valence-electron chi connectivity index (χ4n) is 7.42. The zero-order chi connectivity index (χ0) is 38.7. The molecule has 0 radical (unpaired) electrons. The van der Waals surface area contributed by atoms with Crippen molar-refractivity contribution in [2.45, 2.75) is 58.5 Å². The largest absolute Gasteiger partial charge is 0.494 e. The van der Waals surface area contributed by atoms with Crippen LogP contribution in [-0.4, -0.2) is 37.6 Å². The third-order valence-corrected chi connectivity index (χ3v) is 15.2. The van der Waals surface area contributed by atoms with Crippen LogP contribution in [0.1, 0.15) is 52.4 Å². The Kier molecular flexibility index (Phi) is 15.4. The van der Waals surface area contributed by atoms with E-state index in [1.807, 2.05) is 12.5 Å². The maximum absolute atomic E-state index is 6.05. The normalized spacial score (nSPS) is 11.0. The number of benzene rings is 6. The van der Waals surface area contributed by atoms with Crippen LogP contribution in [-0.2, 0) is 6.17 Å². The molecule has 0 aliphatic carbocycles. The van der Waals surface area contributed by atoms with E-state index in [9.17, 15) is 0 Å². The van der Waals surface area contributed by atoms with Crippen LogP contribution in [0.5, 0.6) is 11.5 Å². The summed E-state index contributed by atoms with van der Waals surface area (Å²) in [6.45, 7) is 6.28. The third kappa shape index (κ3) is 10.8. The van der Waals surface area contributed by atoms with Gasteiger partial charge in [-0.15, -0.1) is 0 Å². The Balaban J connectivity index is 0.000000233. The smallest absolute Gasteiger partial charge is 0.241 e. The molecule has 0 amide bonds. The number of nitrogens with zero attached hydrogens (tertiary/aromatic N) is 2. The lowest BCUT2D eigenvalue weighted by Crippen LogP contribution is -2.69. The van der Waals surface area contributed by atoms with Gasteiger partial charge < -0.3 is 14.0 Å². The highest BCUT2D eigenvalue weighted by Crippen LogP contribution is 2.17. The van der Waals surface area contributed by atoms with E-state index in [2.05, 4.69) is 199 Å². The van der Waals surface area contributed by atoms with Crippen LogP contribution in [0, 0.1) is 0 Å². The van der Waals surface area contributed by atoms with E-state index in [1.54, 1.807) is 0 Å². The van der Waals surface area contributed by atoms with Gasteiger partial charge in [0.05, 0.1) is 19.5 Å². The van der Waals surface area contributed by atoms with Gasteiger partial charge in [0.1, 0.15) is 11.5 Å². The van der Waals surface area contributed by atoms with E-state index < -0.39 is 8.07 Å². The number of ether oxygens (including phenoxy) is 2. The third-order valence-electron chi connectivity index (χ3n) is 10.4. The lowest BCUT2D eigenvalue weighted by Gasteiger charge is -2.34. The second kappa shape index (κ2) is 21.5. The zero-order valence-electron chi connectivity index (χ0n) is 33.1. The molecule has 0 aliphatic heterocycles. The molecule has 56 heavy (non-hydrogen) atoms. The highest BCUT2D eigenvalue weighted by molar-refractivity contribution is 7.10. The summed E-state index contributed by atoms with van der Waals surface area (Å²) in [5, 5.41) is 4.08. The molecule has 7 aromatic rings. The van der Waals surface area contributed by atoms with Gasteiger partial charge in [0.15, 0.2) is 8.07 Å². The Morgan fingerprint density at radius 2 is 0.875 bits per heavy atom. The maximum Gasteiger partial charge on any atom is 0.241 e. The Bertz CT molecular complexity index is 1930. The van der Waals surface area contributed by atoms with E-state index in [0.717, 1.165) is 43.7 Å². The first-order valence-corrected chi connectivity index (χ1v) is 22.5. The number of rotatable bonds is 18. The standard InChI is InChI=1S/C32H40N2O2Si.C18H15B/c1-3-5-10-24-35-28-14-18-31(19-15-28)37(27-34-23-22-33-26-34,30-12-8-7-9-13-30)32-20-16-29(17-21-32)36-25-11-6-4-2;1-4-10-16(11-5-1)19(17-12-6-2-7-13-17)18-14-8-3-9-15-18/h7-9,12-23,26H,3-6,10-11,24-25,27H2,1-2H3;1-15H. The van der Waals surface area contributed by atoms with Gasteiger partial charge in [0, 0.05) is 18.6 Å². The topological polar surface area (TPSA) is 36.3 Å². The van der Waals surface area contributed by atoms with Gasteiger partial charge >= 0.3 is 0 Å². The average molecular weight is 755 g/mol. The Morgan fingerprint density at radius 3 is 1.25 bits per heavy atom. The second-order valence-corrected chi connectivity index (χ2v) is 18.2. The van der Waals surface area contributed by atoms with Crippen molar-refractivity contribution in [1.29, 1.82) is 0 Å². The molecule has 4 nitrogen and oxygen atoms in total. The Hall–Kier alpha value is -5.59. The summed E-state index contributed by atoms with van der Waals surface area (Å²) < 4.78 is 14.3. The van der Waals surface area contributed by atoms with Crippen LogP contribution in [0.25, 0.3) is 0 Å². The van der Waals surface area contributed by atoms with Crippen LogP contribution in [0.15, 0.2) is 189 Å². The summed E-state index contributed by atoms with van der Waals surface area (Å²) in [7, 11) is -2.45. The van der Waals surface area contributed by atoms with Crippen molar-refractivity contribution in [3.05, 3.63) is 189 Å². The molecule has 0 N–H and O–H groups in total. The molecule has 0 spiro atoms. The van der Waals surface area contributed by atoms with Gasteiger partial charge in [-0.2, -0.15) is 0 Å². The van der Waals surface area contributed by atoms with Crippen molar-refractivity contribution in [2.24, 2.45) is 0 Å². The molecule has 0 saturated heterocycles. The second-order valence-electron chi connectivity index (χ2n) is 14.3. The van der Waals surface area contributed by atoms with Gasteiger partial charge in [-0.1, -0.05) is 202 Å². The van der Waals surface area contributed by atoms with Gasteiger partial charge in [0.25, 0.3) is 0 Å². The zero-order valence-corrected chi connectivity index (χ0v) is 34.1. The molecule has 7 rings (SSSR count). The first kappa shape index (κ1) is 40.1. The Morgan fingerprint density at radius 1 is 0.482 bits per heavy atom. The van der Waals surface area contributed by atoms with Crippen molar-refractivity contribution >= 4 is 46.7 Å². The highest BCUT2D eigenvalue weighted by atomic mass is 28.3. The van der Waals surface area contributed by atoms with Gasteiger partial charge in [-0.25, -0.2) is 4.98 Å². The van der Waals surface area contributed by atoms with Crippen molar-refractivity contribution < 1.29 is 9.47 Å². The SMILES string of the molecule is CCCCCOc1ccc([Si](Cn2ccnc2)(c2ccccc2)c2ccc(OCCCCC)cc2)cc1.c1ccc(B(c2ccccc2)c2ccccc2)cc1.